The van der Waals surface area contributed by atoms with Crippen molar-refractivity contribution in [3.63, 3.8) is 0 Å². The van der Waals surface area contributed by atoms with E-state index in [2.05, 4.69) is 9.88 Å². The van der Waals surface area contributed by atoms with Gasteiger partial charge in [-0.2, -0.15) is 0 Å². The Morgan fingerprint density at radius 3 is 2.53 bits per heavy atom. The van der Waals surface area contributed by atoms with E-state index in [0.29, 0.717) is 22.7 Å². The molecule has 36 heavy (non-hydrogen) atoms. The summed E-state index contributed by atoms with van der Waals surface area (Å²) in [5, 5.41) is 4.28. The quantitative estimate of drug-likeness (QED) is 0.267. The van der Waals surface area contributed by atoms with Crippen LogP contribution < -0.4 is 5.32 Å². The molecule has 6 nitrogen and oxygen atoms in total. The van der Waals surface area contributed by atoms with Crippen LogP contribution in [-0.2, 0) is 20.9 Å². The van der Waals surface area contributed by atoms with E-state index in [-0.39, 0.29) is 17.8 Å². The van der Waals surface area contributed by atoms with Crippen molar-refractivity contribution < 1.29 is 19.1 Å². The number of benzene rings is 2. The lowest BCUT2D eigenvalue weighted by molar-refractivity contribution is -0.139. The number of para-hydroxylation sites is 1. The monoisotopic (exact) mass is 502 g/mol. The first-order valence-electron chi connectivity index (χ1n) is 12.5. The van der Waals surface area contributed by atoms with Gasteiger partial charge >= 0.3 is 5.97 Å². The molecule has 0 bridgehead atoms. The van der Waals surface area contributed by atoms with Crippen LogP contribution in [0, 0.1) is 12.8 Å². The molecule has 1 amide bonds. The third-order valence-electron chi connectivity index (χ3n) is 7.16. The first-order valence-corrected chi connectivity index (χ1v) is 13.4. The molecule has 1 aromatic heterocycles. The SMILES string of the molecule is CCOC(=O)C1=C(NC(=O)C(=O)c2c(C)n(Cc3ccccc3)c3ccccc23)SC2CCCCC12. The van der Waals surface area contributed by atoms with Gasteiger partial charge in [0.25, 0.3) is 11.7 Å². The van der Waals surface area contributed by atoms with E-state index in [1.807, 2.05) is 61.5 Å². The summed E-state index contributed by atoms with van der Waals surface area (Å²) in [5.74, 6) is -1.65. The predicted octanol–water partition coefficient (Wildman–Crippen LogP) is 5.38. The maximum absolute atomic E-state index is 13.6. The van der Waals surface area contributed by atoms with Gasteiger partial charge in [0.1, 0.15) is 0 Å². The highest BCUT2D eigenvalue weighted by atomic mass is 32.2. The Labute approximate surface area is 215 Å². The molecule has 2 atom stereocenters. The number of ketones is 1. The molecule has 186 valence electrons. The molecule has 1 N–H and O–H groups in total. The zero-order chi connectivity index (χ0) is 25.2. The van der Waals surface area contributed by atoms with Crippen molar-refractivity contribution in [3.8, 4) is 0 Å². The summed E-state index contributed by atoms with van der Waals surface area (Å²) < 4.78 is 7.40. The van der Waals surface area contributed by atoms with E-state index in [4.69, 9.17) is 4.74 Å². The van der Waals surface area contributed by atoms with Gasteiger partial charge in [-0.05, 0) is 38.3 Å². The number of nitrogens with one attached hydrogen (secondary N) is 1. The molecule has 0 saturated heterocycles. The Kier molecular flexibility index (Phi) is 7.01. The second-order valence-electron chi connectivity index (χ2n) is 9.34. The normalized spacial score (nSPS) is 19.3. The number of rotatable bonds is 7. The van der Waals surface area contributed by atoms with E-state index in [1.54, 1.807) is 6.92 Å². The van der Waals surface area contributed by atoms with Crippen LogP contribution in [0.5, 0.6) is 0 Å². The summed E-state index contributed by atoms with van der Waals surface area (Å²) in [7, 11) is 0. The number of thioether (sulfide) groups is 1. The molecule has 1 aliphatic carbocycles. The largest absolute Gasteiger partial charge is 0.463 e. The molecule has 2 aromatic carbocycles. The van der Waals surface area contributed by atoms with E-state index < -0.39 is 17.7 Å². The highest BCUT2D eigenvalue weighted by Crippen LogP contribution is 2.48. The number of Topliss-reactive ketones (excluding diaryl/α,β-unsaturated/α-hetero) is 1. The average Bonchev–Trinajstić information content (AvgIpc) is 3.39. The number of hydrogen-bond acceptors (Lipinski definition) is 5. The highest BCUT2D eigenvalue weighted by molar-refractivity contribution is 8.04. The maximum atomic E-state index is 13.6. The first-order chi connectivity index (χ1) is 17.5. The van der Waals surface area contributed by atoms with Crippen molar-refractivity contribution in [3.05, 3.63) is 82.0 Å². The minimum absolute atomic E-state index is 0.0581. The molecule has 2 aliphatic rings. The van der Waals surface area contributed by atoms with Gasteiger partial charge in [0.05, 0.1) is 22.8 Å². The van der Waals surface area contributed by atoms with E-state index in [9.17, 15) is 14.4 Å². The fourth-order valence-electron chi connectivity index (χ4n) is 5.46. The van der Waals surface area contributed by atoms with Gasteiger partial charge in [0, 0.05) is 34.3 Å². The van der Waals surface area contributed by atoms with Gasteiger partial charge in [-0.25, -0.2) is 4.79 Å². The van der Waals surface area contributed by atoms with Crippen molar-refractivity contribution in [2.45, 2.75) is 51.3 Å². The number of esters is 1. The zero-order valence-electron chi connectivity index (χ0n) is 20.6. The smallest absolute Gasteiger partial charge is 0.336 e. The number of hydrogen-bond donors (Lipinski definition) is 1. The third-order valence-corrected chi connectivity index (χ3v) is 8.58. The predicted molar refractivity (Wildman–Crippen MR) is 142 cm³/mol. The number of amides is 1. The molecule has 1 saturated carbocycles. The molecule has 1 aliphatic heterocycles. The minimum atomic E-state index is -0.719. The van der Waals surface area contributed by atoms with Crippen molar-refractivity contribution >= 4 is 40.3 Å². The van der Waals surface area contributed by atoms with Gasteiger partial charge in [0.15, 0.2) is 0 Å². The van der Waals surface area contributed by atoms with E-state index in [0.717, 1.165) is 47.8 Å². The molecule has 0 radical (unpaired) electrons. The zero-order valence-corrected chi connectivity index (χ0v) is 21.4. The summed E-state index contributed by atoms with van der Waals surface area (Å²) in [6.07, 6.45) is 4.03. The van der Waals surface area contributed by atoms with Crippen LogP contribution in [0.1, 0.15) is 54.2 Å². The van der Waals surface area contributed by atoms with Gasteiger partial charge in [-0.15, -0.1) is 11.8 Å². The number of fused-ring (bicyclic) bond motifs is 2. The molecule has 0 spiro atoms. The fraction of sp³-hybridized carbons (Fsp3) is 0.345. The van der Waals surface area contributed by atoms with Crippen LogP contribution in [0.3, 0.4) is 0 Å². The fourth-order valence-corrected chi connectivity index (χ4v) is 7.00. The lowest BCUT2D eigenvalue weighted by Gasteiger charge is -2.25. The molecular weight excluding hydrogens is 472 g/mol. The lowest BCUT2D eigenvalue weighted by atomic mass is 9.84. The Bertz CT molecular complexity index is 1360. The van der Waals surface area contributed by atoms with E-state index in [1.165, 1.54) is 11.8 Å². The number of nitrogens with zero attached hydrogens (tertiary/aromatic N) is 1. The van der Waals surface area contributed by atoms with Crippen molar-refractivity contribution in [2.24, 2.45) is 5.92 Å². The van der Waals surface area contributed by atoms with Gasteiger partial charge in [-0.3, -0.25) is 9.59 Å². The third kappa shape index (κ3) is 4.48. The highest BCUT2D eigenvalue weighted by Gasteiger charge is 2.42. The van der Waals surface area contributed by atoms with Crippen molar-refractivity contribution in [1.29, 1.82) is 0 Å². The summed E-state index contributed by atoms with van der Waals surface area (Å²) in [6.45, 7) is 4.52. The van der Waals surface area contributed by atoms with Crippen LogP contribution in [0.4, 0.5) is 0 Å². The molecule has 5 rings (SSSR count). The summed E-state index contributed by atoms with van der Waals surface area (Å²) in [6, 6.07) is 17.7. The Morgan fingerprint density at radius 2 is 1.75 bits per heavy atom. The Morgan fingerprint density at radius 1 is 1.03 bits per heavy atom. The van der Waals surface area contributed by atoms with Gasteiger partial charge in [0.2, 0.25) is 0 Å². The van der Waals surface area contributed by atoms with Gasteiger partial charge in [-0.1, -0.05) is 61.4 Å². The minimum Gasteiger partial charge on any atom is -0.463 e. The summed E-state index contributed by atoms with van der Waals surface area (Å²) in [5.41, 5.74) is 3.68. The van der Waals surface area contributed by atoms with Crippen LogP contribution in [0.2, 0.25) is 0 Å². The van der Waals surface area contributed by atoms with Crippen LogP contribution >= 0.6 is 11.8 Å². The second-order valence-corrected chi connectivity index (χ2v) is 10.6. The summed E-state index contributed by atoms with van der Waals surface area (Å²) in [4.78, 5) is 39.7. The maximum Gasteiger partial charge on any atom is 0.336 e. The van der Waals surface area contributed by atoms with Crippen LogP contribution in [0.15, 0.2) is 65.2 Å². The van der Waals surface area contributed by atoms with Crippen LogP contribution in [0.25, 0.3) is 10.9 Å². The molecule has 3 aromatic rings. The van der Waals surface area contributed by atoms with E-state index >= 15 is 0 Å². The van der Waals surface area contributed by atoms with Gasteiger partial charge < -0.3 is 14.6 Å². The summed E-state index contributed by atoms with van der Waals surface area (Å²) >= 11 is 1.50. The van der Waals surface area contributed by atoms with Crippen LogP contribution in [-0.4, -0.2) is 34.1 Å². The molecule has 7 heteroatoms. The topological polar surface area (TPSA) is 77.4 Å². The van der Waals surface area contributed by atoms with Crippen molar-refractivity contribution in [2.75, 3.05) is 6.61 Å². The molecule has 2 unspecified atom stereocenters. The number of carbonyl (C=O) groups is 3. The number of aromatic nitrogens is 1. The van der Waals surface area contributed by atoms with Crippen molar-refractivity contribution in [1.82, 2.24) is 9.88 Å². The first kappa shape index (κ1) is 24.4. The molecule has 2 heterocycles. The Balaban J connectivity index is 1.47. The average molecular weight is 503 g/mol. The molecular formula is C29H30N2O4S. The number of ether oxygens (including phenoxy) is 1. The Hall–Kier alpha value is -3.32. The molecule has 1 fully saturated rings. The standard InChI is InChI=1S/C29H30N2O4S/c1-3-35-29(34)25-21-14-8-10-16-23(21)36-28(25)30-27(33)26(32)24-18(2)31(17-19-11-5-4-6-12-19)22-15-9-7-13-20(22)24/h4-7,9,11-13,15,21,23H,3,8,10,14,16-17H2,1-2H3,(H,30,33). The lowest BCUT2D eigenvalue weighted by Crippen LogP contribution is -2.31. The number of carbonyl (C=O) groups excluding carboxylic acids is 3. The second kappa shape index (κ2) is 10.3.